The van der Waals surface area contributed by atoms with Crippen molar-refractivity contribution >= 4 is 5.91 Å². The van der Waals surface area contributed by atoms with Gasteiger partial charge < -0.3 is 10.6 Å². The van der Waals surface area contributed by atoms with E-state index in [0.29, 0.717) is 26.1 Å². The van der Waals surface area contributed by atoms with Crippen molar-refractivity contribution in [3.05, 3.63) is 0 Å². The Hall–Kier alpha value is -1.08. The fourth-order valence-electron chi connectivity index (χ4n) is 2.83. The van der Waals surface area contributed by atoms with E-state index in [1.54, 1.807) is 4.90 Å². The van der Waals surface area contributed by atoms with E-state index in [9.17, 15) is 4.79 Å². The van der Waals surface area contributed by atoms with Crippen molar-refractivity contribution in [3.63, 3.8) is 0 Å². The van der Waals surface area contributed by atoms with Crippen LogP contribution in [0.2, 0.25) is 0 Å². The van der Waals surface area contributed by atoms with E-state index in [4.69, 9.17) is 11.0 Å². The van der Waals surface area contributed by atoms with Gasteiger partial charge in [-0.25, -0.2) is 0 Å². The molecule has 0 heterocycles. The first kappa shape index (κ1) is 15.0. The number of nitriles is 1. The average Bonchev–Trinajstić information content (AvgIpc) is 2.65. The third-order valence-electron chi connectivity index (χ3n) is 4.07. The summed E-state index contributed by atoms with van der Waals surface area (Å²) in [6.07, 6.45) is 6.83. The van der Waals surface area contributed by atoms with Gasteiger partial charge in [-0.3, -0.25) is 4.79 Å². The summed E-state index contributed by atoms with van der Waals surface area (Å²) in [5.41, 5.74) is 5.56. The second-order valence-electron chi connectivity index (χ2n) is 5.19. The predicted octanol–water partition coefficient (Wildman–Crippen LogP) is 2.05. The number of hydrogen-bond acceptors (Lipinski definition) is 3. The molecule has 18 heavy (non-hydrogen) atoms. The summed E-state index contributed by atoms with van der Waals surface area (Å²) >= 11 is 0. The van der Waals surface area contributed by atoms with E-state index in [0.717, 1.165) is 25.7 Å². The number of carbonyl (C=O) groups excluding carboxylic acids is 1. The van der Waals surface area contributed by atoms with Crippen molar-refractivity contribution in [1.82, 2.24) is 4.90 Å². The molecule has 1 fully saturated rings. The minimum Gasteiger partial charge on any atom is -0.341 e. The first-order valence-corrected chi connectivity index (χ1v) is 7.06. The highest BCUT2D eigenvalue weighted by molar-refractivity contribution is 5.83. The lowest BCUT2D eigenvalue weighted by Gasteiger charge is -2.35. The van der Waals surface area contributed by atoms with E-state index in [2.05, 4.69) is 6.07 Å². The molecular formula is C14H25N3O. The fourth-order valence-corrected chi connectivity index (χ4v) is 2.83. The molecule has 0 aromatic heterocycles. The maximum absolute atomic E-state index is 12.7. The van der Waals surface area contributed by atoms with Crippen molar-refractivity contribution in [2.75, 3.05) is 19.6 Å². The van der Waals surface area contributed by atoms with Crippen LogP contribution >= 0.6 is 0 Å². The van der Waals surface area contributed by atoms with Crippen LogP contribution in [-0.4, -0.2) is 30.4 Å². The summed E-state index contributed by atoms with van der Waals surface area (Å²) in [5.74, 6) is 0.171. The van der Waals surface area contributed by atoms with Crippen LogP contribution in [0.4, 0.5) is 0 Å². The van der Waals surface area contributed by atoms with Crippen LogP contribution in [0, 0.1) is 16.7 Å². The smallest absolute Gasteiger partial charge is 0.230 e. The molecule has 1 amide bonds. The van der Waals surface area contributed by atoms with Crippen molar-refractivity contribution in [3.8, 4) is 6.07 Å². The fraction of sp³-hybridized carbons (Fsp3) is 0.857. The zero-order valence-electron chi connectivity index (χ0n) is 11.5. The number of amides is 1. The number of carbonyl (C=O) groups is 1. The van der Waals surface area contributed by atoms with Gasteiger partial charge in [0.05, 0.1) is 17.9 Å². The predicted molar refractivity (Wildman–Crippen MR) is 71.7 cm³/mol. The average molecular weight is 251 g/mol. The van der Waals surface area contributed by atoms with Crippen LogP contribution < -0.4 is 5.73 Å². The highest BCUT2D eigenvalue weighted by Gasteiger charge is 2.39. The molecule has 0 aromatic carbocycles. The minimum absolute atomic E-state index is 0.171. The number of nitrogens with two attached hydrogens (primary N) is 1. The van der Waals surface area contributed by atoms with E-state index in [1.165, 1.54) is 12.8 Å². The molecule has 0 bridgehead atoms. The second-order valence-corrected chi connectivity index (χ2v) is 5.19. The molecule has 2 N–H and O–H groups in total. The minimum atomic E-state index is -0.359. The summed E-state index contributed by atoms with van der Waals surface area (Å²) in [4.78, 5) is 14.5. The van der Waals surface area contributed by atoms with Gasteiger partial charge in [0.1, 0.15) is 0 Å². The van der Waals surface area contributed by atoms with Gasteiger partial charge in [-0.1, -0.05) is 25.7 Å². The van der Waals surface area contributed by atoms with E-state index < -0.39 is 0 Å². The Morgan fingerprint density at radius 1 is 1.33 bits per heavy atom. The molecule has 0 radical (unpaired) electrons. The Morgan fingerprint density at radius 2 is 1.94 bits per heavy atom. The molecule has 0 aromatic rings. The molecule has 0 spiro atoms. The number of nitrogens with zero attached hydrogens (tertiary/aromatic N) is 2. The largest absolute Gasteiger partial charge is 0.341 e. The molecule has 0 atom stereocenters. The van der Waals surface area contributed by atoms with Crippen LogP contribution in [0.5, 0.6) is 0 Å². The Balaban J connectivity index is 2.77. The number of rotatable bonds is 5. The Kier molecular flexibility index (Phi) is 6.14. The molecule has 1 aliphatic rings. The number of hydrogen-bond donors (Lipinski definition) is 1. The maximum Gasteiger partial charge on any atom is 0.230 e. The van der Waals surface area contributed by atoms with Gasteiger partial charge in [0.15, 0.2) is 0 Å². The molecule has 0 unspecified atom stereocenters. The van der Waals surface area contributed by atoms with Crippen LogP contribution in [0.15, 0.2) is 0 Å². The molecule has 0 aliphatic heterocycles. The van der Waals surface area contributed by atoms with Crippen LogP contribution in [0.3, 0.4) is 0 Å². The Labute approximate surface area is 110 Å². The Bertz CT molecular complexity index is 301. The highest BCUT2D eigenvalue weighted by Crippen LogP contribution is 2.36. The van der Waals surface area contributed by atoms with Gasteiger partial charge >= 0.3 is 0 Å². The van der Waals surface area contributed by atoms with Gasteiger partial charge in [-0.15, -0.1) is 0 Å². The van der Waals surface area contributed by atoms with E-state index >= 15 is 0 Å². The SMILES string of the molecule is CCN(CCC#N)C(=O)C1(CN)CCCCCC1. The summed E-state index contributed by atoms with van der Waals surface area (Å²) in [6, 6.07) is 2.11. The van der Waals surface area contributed by atoms with Crippen LogP contribution in [0.25, 0.3) is 0 Å². The third kappa shape index (κ3) is 3.46. The van der Waals surface area contributed by atoms with E-state index in [-0.39, 0.29) is 11.3 Å². The molecule has 102 valence electrons. The third-order valence-corrected chi connectivity index (χ3v) is 4.07. The lowest BCUT2D eigenvalue weighted by atomic mass is 9.79. The summed E-state index contributed by atoms with van der Waals surface area (Å²) in [5, 5.41) is 8.66. The first-order valence-electron chi connectivity index (χ1n) is 7.06. The quantitative estimate of drug-likeness (QED) is 0.760. The monoisotopic (exact) mass is 251 g/mol. The lowest BCUT2D eigenvalue weighted by molar-refractivity contribution is -0.142. The van der Waals surface area contributed by atoms with Gasteiger partial charge in [-0.05, 0) is 19.8 Å². The van der Waals surface area contributed by atoms with Crippen LogP contribution in [0.1, 0.15) is 51.9 Å². The topological polar surface area (TPSA) is 70.1 Å². The van der Waals surface area contributed by atoms with Gasteiger partial charge in [-0.2, -0.15) is 5.26 Å². The maximum atomic E-state index is 12.7. The molecule has 1 aliphatic carbocycles. The zero-order valence-corrected chi connectivity index (χ0v) is 11.5. The Morgan fingerprint density at radius 3 is 2.39 bits per heavy atom. The van der Waals surface area contributed by atoms with Gasteiger partial charge in [0.25, 0.3) is 0 Å². The standard InChI is InChI=1S/C14H25N3O/c1-2-17(11-7-10-15)13(18)14(12-16)8-5-3-4-6-9-14/h2-9,11-12,16H2,1H3. The van der Waals surface area contributed by atoms with Crippen LogP contribution in [-0.2, 0) is 4.79 Å². The molecule has 1 saturated carbocycles. The second kappa shape index (κ2) is 7.38. The first-order chi connectivity index (χ1) is 8.70. The van der Waals surface area contributed by atoms with Crippen molar-refractivity contribution in [1.29, 1.82) is 5.26 Å². The molecule has 4 heteroatoms. The normalized spacial score (nSPS) is 18.7. The lowest BCUT2D eigenvalue weighted by Crippen LogP contribution is -2.48. The zero-order chi connectivity index (χ0) is 13.4. The molecule has 4 nitrogen and oxygen atoms in total. The molecular weight excluding hydrogens is 226 g/mol. The summed E-state index contributed by atoms with van der Waals surface area (Å²) in [7, 11) is 0. The van der Waals surface area contributed by atoms with Crippen molar-refractivity contribution in [2.24, 2.45) is 11.1 Å². The molecule has 1 rings (SSSR count). The van der Waals surface area contributed by atoms with Gasteiger partial charge in [0, 0.05) is 19.6 Å². The molecule has 0 saturated heterocycles. The highest BCUT2D eigenvalue weighted by atomic mass is 16.2. The van der Waals surface area contributed by atoms with E-state index in [1.807, 2.05) is 6.92 Å². The van der Waals surface area contributed by atoms with Crippen molar-refractivity contribution in [2.45, 2.75) is 51.9 Å². The summed E-state index contributed by atoms with van der Waals surface area (Å²) in [6.45, 7) is 3.61. The summed E-state index contributed by atoms with van der Waals surface area (Å²) < 4.78 is 0. The van der Waals surface area contributed by atoms with Crippen molar-refractivity contribution < 1.29 is 4.79 Å². The van der Waals surface area contributed by atoms with Gasteiger partial charge in [0.2, 0.25) is 5.91 Å².